The molecular weight excluding hydrogens is 215 g/mol. The van der Waals surface area contributed by atoms with E-state index in [1.165, 1.54) is 18.9 Å². The third-order valence-electron chi connectivity index (χ3n) is 4.25. The molecule has 1 N–H and O–H groups in total. The predicted molar refractivity (Wildman–Crippen MR) is 69.0 cm³/mol. The highest BCUT2D eigenvalue weighted by atomic mass is 19.1. The second-order valence-corrected chi connectivity index (χ2v) is 5.84. The average molecular weight is 234 g/mol. The maximum absolute atomic E-state index is 13.4. The van der Waals surface area contributed by atoms with Gasteiger partial charge in [0, 0.05) is 13.1 Å². The molecule has 2 nitrogen and oxygen atoms in total. The summed E-state index contributed by atoms with van der Waals surface area (Å²) < 4.78 is 13.4. The second kappa shape index (κ2) is 3.62. The topological polar surface area (TPSA) is 15.3 Å². The van der Waals surface area contributed by atoms with Crippen LogP contribution < -0.4 is 10.2 Å². The molecule has 17 heavy (non-hydrogen) atoms. The maximum Gasteiger partial charge on any atom is 0.125 e. The smallest absolute Gasteiger partial charge is 0.125 e. The van der Waals surface area contributed by atoms with Gasteiger partial charge in [0.05, 0.1) is 17.4 Å². The second-order valence-electron chi connectivity index (χ2n) is 5.84. The van der Waals surface area contributed by atoms with E-state index in [2.05, 4.69) is 24.1 Å². The minimum Gasteiger partial charge on any atom is -0.381 e. The number of nitrogens with one attached hydrogen (secondary N) is 1. The Kier molecular flexibility index (Phi) is 2.32. The van der Waals surface area contributed by atoms with Crippen molar-refractivity contribution in [1.29, 1.82) is 0 Å². The summed E-state index contributed by atoms with van der Waals surface area (Å²) in [7, 11) is 0. The lowest BCUT2D eigenvalue weighted by atomic mass is 9.75. The van der Waals surface area contributed by atoms with Gasteiger partial charge in [-0.15, -0.1) is 0 Å². The Morgan fingerprint density at radius 2 is 2.24 bits per heavy atom. The first-order valence-electron chi connectivity index (χ1n) is 6.38. The first-order valence-corrected chi connectivity index (χ1v) is 6.38. The van der Waals surface area contributed by atoms with Gasteiger partial charge < -0.3 is 10.2 Å². The molecule has 0 saturated carbocycles. The van der Waals surface area contributed by atoms with Crippen molar-refractivity contribution in [3.8, 4) is 0 Å². The van der Waals surface area contributed by atoms with E-state index >= 15 is 0 Å². The van der Waals surface area contributed by atoms with Crippen LogP contribution >= 0.6 is 0 Å². The zero-order valence-corrected chi connectivity index (χ0v) is 10.5. The molecule has 1 saturated heterocycles. The fraction of sp³-hybridized carbons (Fsp3) is 0.571. The number of benzene rings is 1. The number of halogens is 1. The monoisotopic (exact) mass is 234 g/mol. The zero-order chi connectivity index (χ0) is 12.0. The van der Waals surface area contributed by atoms with Crippen LogP contribution in [0.4, 0.5) is 15.8 Å². The molecule has 1 fully saturated rings. The number of hydrogen-bond acceptors (Lipinski definition) is 2. The molecule has 0 aromatic heterocycles. The van der Waals surface area contributed by atoms with Gasteiger partial charge in [0.2, 0.25) is 0 Å². The Hall–Kier alpha value is -1.25. The molecule has 2 heterocycles. The summed E-state index contributed by atoms with van der Waals surface area (Å²) in [4.78, 5) is 2.39. The van der Waals surface area contributed by atoms with Crippen LogP contribution in [0.2, 0.25) is 0 Å². The van der Waals surface area contributed by atoms with Crippen molar-refractivity contribution < 1.29 is 4.39 Å². The van der Waals surface area contributed by atoms with E-state index in [9.17, 15) is 4.39 Å². The largest absolute Gasteiger partial charge is 0.381 e. The van der Waals surface area contributed by atoms with E-state index < -0.39 is 0 Å². The summed E-state index contributed by atoms with van der Waals surface area (Å²) in [6.45, 7) is 6.64. The van der Waals surface area contributed by atoms with Gasteiger partial charge >= 0.3 is 0 Å². The number of anilines is 2. The highest BCUT2D eigenvalue weighted by Gasteiger charge is 2.40. The minimum absolute atomic E-state index is 0.144. The van der Waals surface area contributed by atoms with E-state index in [-0.39, 0.29) is 5.82 Å². The maximum atomic E-state index is 13.4. The molecule has 0 bridgehead atoms. The summed E-state index contributed by atoms with van der Waals surface area (Å²) in [6, 6.07) is 5.52. The first kappa shape index (κ1) is 10.9. The van der Waals surface area contributed by atoms with Crippen LogP contribution in [-0.4, -0.2) is 19.1 Å². The molecule has 0 aliphatic carbocycles. The van der Waals surface area contributed by atoms with Gasteiger partial charge in [0.15, 0.2) is 0 Å². The summed E-state index contributed by atoms with van der Waals surface area (Å²) in [6.07, 6.45) is 2.44. The molecule has 3 heteroatoms. The molecule has 1 unspecified atom stereocenters. The number of rotatable bonds is 0. The first-order chi connectivity index (χ1) is 8.08. The summed E-state index contributed by atoms with van der Waals surface area (Å²) in [5, 5.41) is 3.44. The average Bonchev–Trinajstić information content (AvgIpc) is 2.28. The van der Waals surface area contributed by atoms with Crippen LogP contribution in [0.5, 0.6) is 0 Å². The van der Waals surface area contributed by atoms with Crippen molar-refractivity contribution in [3.63, 3.8) is 0 Å². The van der Waals surface area contributed by atoms with Gasteiger partial charge in [-0.05, 0) is 36.5 Å². The van der Waals surface area contributed by atoms with E-state index in [1.807, 2.05) is 6.07 Å². The SMILES string of the molecule is CC1(C)CCCN2c3cc(F)ccc3NCC21. The standard InChI is InChI=1S/C14H19FN2/c1-14(2)6-3-7-17-12-8-10(15)4-5-11(12)16-9-13(14)17/h4-5,8,13,16H,3,6-7,9H2,1-2H3. The lowest BCUT2D eigenvalue weighted by Gasteiger charge is -2.51. The minimum atomic E-state index is -0.144. The molecule has 92 valence electrons. The molecule has 0 amide bonds. The van der Waals surface area contributed by atoms with E-state index in [1.54, 1.807) is 6.07 Å². The van der Waals surface area contributed by atoms with Crippen LogP contribution in [-0.2, 0) is 0 Å². The summed E-state index contributed by atoms with van der Waals surface area (Å²) >= 11 is 0. The zero-order valence-electron chi connectivity index (χ0n) is 10.5. The summed E-state index contributed by atoms with van der Waals surface area (Å²) in [5.41, 5.74) is 2.41. The van der Waals surface area contributed by atoms with Crippen LogP contribution in [0.1, 0.15) is 26.7 Å². The van der Waals surface area contributed by atoms with Crippen molar-refractivity contribution in [3.05, 3.63) is 24.0 Å². The molecule has 0 spiro atoms. The quantitative estimate of drug-likeness (QED) is 0.741. The Balaban J connectivity index is 2.03. The van der Waals surface area contributed by atoms with Crippen LogP contribution in [0.25, 0.3) is 0 Å². The van der Waals surface area contributed by atoms with Crippen LogP contribution in [0.15, 0.2) is 18.2 Å². The lowest BCUT2D eigenvalue weighted by molar-refractivity contribution is 0.217. The van der Waals surface area contributed by atoms with Crippen molar-refractivity contribution in [1.82, 2.24) is 0 Å². The number of fused-ring (bicyclic) bond motifs is 3. The number of nitrogens with zero attached hydrogens (tertiary/aromatic N) is 1. The van der Waals surface area contributed by atoms with Gasteiger partial charge in [0.25, 0.3) is 0 Å². The molecule has 2 aliphatic heterocycles. The van der Waals surface area contributed by atoms with Crippen molar-refractivity contribution >= 4 is 11.4 Å². The Bertz CT molecular complexity index is 442. The fourth-order valence-electron chi connectivity index (χ4n) is 3.22. The van der Waals surface area contributed by atoms with Crippen molar-refractivity contribution in [2.45, 2.75) is 32.7 Å². The Morgan fingerprint density at radius 1 is 1.41 bits per heavy atom. The number of hydrogen-bond donors (Lipinski definition) is 1. The van der Waals surface area contributed by atoms with Crippen molar-refractivity contribution in [2.75, 3.05) is 23.3 Å². The molecule has 2 aliphatic rings. The van der Waals surface area contributed by atoms with Gasteiger partial charge in [-0.3, -0.25) is 0 Å². The Morgan fingerprint density at radius 3 is 3.06 bits per heavy atom. The Labute approximate surface area is 102 Å². The van der Waals surface area contributed by atoms with Crippen molar-refractivity contribution in [2.24, 2.45) is 5.41 Å². The number of piperidine rings is 1. The highest BCUT2D eigenvalue weighted by Crippen LogP contribution is 2.42. The van der Waals surface area contributed by atoms with E-state index in [0.29, 0.717) is 11.5 Å². The normalized spacial score (nSPS) is 25.8. The van der Waals surface area contributed by atoms with Gasteiger partial charge in [0.1, 0.15) is 5.82 Å². The fourth-order valence-corrected chi connectivity index (χ4v) is 3.22. The van der Waals surface area contributed by atoms with Crippen LogP contribution in [0, 0.1) is 11.2 Å². The summed E-state index contributed by atoms with van der Waals surface area (Å²) in [5.74, 6) is -0.144. The highest BCUT2D eigenvalue weighted by molar-refractivity contribution is 5.73. The van der Waals surface area contributed by atoms with Gasteiger partial charge in [-0.1, -0.05) is 13.8 Å². The molecule has 0 radical (unpaired) electrons. The molecule has 1 atom stereocenters. The third kappa shape index (κ3) is 1.68. The van der Waals surface area contributed by atoms with Crippen LogP contribution in [0.3, 0.4) is 0 Å². The van der Waals surface area contributed by atoms with Gasteiger partial charge in [-0.2, -0.15) is 0 Å². The molecular formula is C14H19FN2. The third-order valence-corrected chi connectivity index (χ3v) is 4.25. The molecule has 1 aromatic carbocycles. The lowest BCUT2D eigenvalue weighted by Crippen LogP contribution is -2.55. The molecule has 1 aromatic rings. The van der Waals surface area contributed by atoms with E-state index in [4.69, 9.17) is 0 Å². The van der Waals surface area contributed by atoms with Gasteiger partial charge in [-0.25, -0.2) is 4.39 Å². The predicted octanol–water partition coefficient (Wildman–Crippen LogP) is 3.25. The molecule has 3 rings (SSSR count). The van der Waals surface area contributed by atoms with E-state index in [0.717, 1.165) is 24.5 Å².